The SMILES string of the molecule is CCCC(CNC(=O)C1CCC(F)(F)C1)C(=O)O. The van der Waals surface area contributed by atoms with Gasteiger partial charge in [0, 0.05) is 25.3 Å². The van der Waals surface area contributed by atoms with Gasteiger partial charge in [-0.25, -0.2) is 8.78 Å². The molecule has 2 atom stereocenters. The van der Waals surface area contributed by atoms with Gasteiger partial charge in [0.05, 0.1) is 5.92 Å². The van der Waals surface area contributed by atoms with Crippen LogP contribution < -0.4 is 5.32 Å². The summed E-state index contributed by atoms with van der Waals surface area (Å²) < 4.78 is 25.9. The Morgan fingerprint density at radius 2 is 2.17 bits per heavy atom. The number of carbonyl (C=O) groups excluding carboxylic acids is 1. The quantitative estimate of drug-likeness (QED) is 0.770. The Balaban J connectivity index is 2.39. The largest absolute Gasteiger partial charge is 0.481 e. The highest BCUT2D eigenvalue weighted by molar-refractivity contribution is 5.80. The summed E-state index contributed by atoms with van der Waals surface area (Å²) in [5.41, 5.74) is 0. The number of carboxylic acids is 1. The fourth-order valence-electron chi connectivity index (χ4n) is 2.20. The molecule has 0 heterocycles. The molecule has 1 aliphatic carbocycles. The summed E-state index contributed by atoms with van der Waals surface area (Å²) in [6.07, 6.45) is 0.655. The normalized spacial score (nSPS) is 23.6. The van der Waals surface area contributed by atoms with Crippen LogP contribution in [-0.2, 0) is 9.59 Å². The molecule has 18 heavy (non-hydrogen) atoms. The minimum Gasteiger partial charge on any atom is -0.481 e. The lowest BCUT2D eigenvalue weighted by Gasteiger charge is -2.15. The summed E-state index contributed by atoms with van der Waals surface area (Å²) in [7, 11) is 0. The maximum absolute atomic E-state index is 12.9. The number of alkyl halides is 2. The Morgan fingerprint density at radius 1 is 1.50 bits per heavy atom. The first kappa shape index (κ1) is 14.9. The van der Waals surface area contributed by atoms with E-state index in [-0.39, 0.29) is 19.4 Å². The van der Waals surface area contributed by atoms with Crippen molar-refractivity contribution in [3.05, 3.63) is 0 Å². The average Bonchev–Trinajstić information content (AvgIpc) is 2.64. The van der Waals surface area contributed by atoms with Crippen LogP contribution in [0.3, 0.4) is 0 Å². The molecule has 4 nitrogen and oxygen atoms in total. The van der Waals surface area contributed by atoms with E-state index in [4.69, 9.17) is 5.11 Å². The van der Waals surface area contributed by atoms with Crippen LogP contribution >= 0.6 is 0 Å². The van der Waals surface area contributed by atoms with E-state index in [1.807, 2.05) is 6.92 Å². The van der Waals surface area contributed by atoms with E-state index in [2.05, 4.69) is 5.32 Å². The van der Waals surface area contributed by atoms with Crippen molar-refractivity contribution in [2.75, 3.05) is 6.54 Å². The van der Waals surface area contributed by atoms with Gasteiger partial charge >= 0.3 is 5.97 Å². The zero-order valence-corrected chi connectivity index (χ0v) is 10.4. The second-order valence-electron chi connectivity index (χ2n) is 4.86. The van der Waals surface area contributed by atoms with E-state index in [9.17, 15) is 18.4 Å². The average molecular weight is 263 g/mol. The minimum absolute atomic E-state index is 0.0179. The molecule has 1 amide bonds. The third-order valence-electron chi connectivity index (χ3n) is 3.28. The van der Waals surface area contributed by atoms with Gasteiger partial charge in [0.15, 0.2) is 0 Å². The summed E-state index contributed by atoms with van der Waals surface area (Å²) in [6, 6.07) is 0. The van der Waals surface area contributed by atoms with Gasteiger partial charge in [-0.1, -0.05) is 13.3 Å². The monoisotopic (exact) mass is 263 g/mol. The Labute approximate surface area is 105 Å². The van der Waals surface area contributed by atoms with Crippen molar-refractivity contribution in [1.29, 1.82) is 0 Å². The van der Waals surface area contributed by atoms with E-state index >= 15 is 0 Å². The number of carbonyl (C=O) groups is 2. The third-order valence-corrected chi connectivity index (χ3v) is 3.28. The first-order chi connectivity index (χ1) is 8.35. The van der Waals surface area contributed by atoms with Crippen LogP contribution in [-0.4, -0.2) is 29.5 Å². The van der Waals surface area contributed by atoms with E-state index < -0.39 is 36.1 Å². The smallest absolute Gasteiger partial charge is 0.308 e. The van der Waals surface area contributed by atoms with E-state index in [0.717, 1.165) is 0 Å². The minimum atomic E-state index is -2.75. The number of hydrogen-bond acceptors (Lipinski definition) is 2. The Bertz CT molecular complexity index is 320. The van der Waals surface area contributed by atoms with Gasteiger partial charge in [-0.15, -0.1) is 0 Å². The number of amides is 1. The highest BCUT2D eigenvalue weighted by Crippen LogP contribution is 2.38. The lowest BCUT2D eigenvalue weighted by molar-refractivity contribution is -0.142. The molecular weight excluding hydrogens is 244 g/mol. The zero-order chi connectivity index (χ0) is 13.8. The highest BCUT2D eigenvalue weighted by atomic mass is 19.3. The number of aliphatic carboxylic acids is 1. The Kier molecular flexibility index (Phi) is 5.04. The first-order valence-corrected chi connectivity index (χ1v) is 6.24. The summed E-state index contributed by atoms with van der Waals surface area (Å²) >= 11 is 0. The van der Waals surface area contributed by atoms with Gasteiger partial charge in [0.2, 0.25) is 11.8 Å². The van der Waals surface area contributed by atoms with Crippen LogP contribution in [0.1, 0.15) is 39.0 Å². The molecule has 0 saturated heterocycles. The van der Waals surface area contributed by atoms with E-state index in [1.54, 1.807) is 0 Å². The van der Waals surface area contributed by atoms with Crippen LogP contribution in [0.15, 0.2) is 0 Å². The molecule has 2 N–H and O–H groups in total. The number of nitrogens with one attached hydrogen (secondary N) is 1. The molecule has 2 unspecified atom stereocenters. The second-order valence-corrected chi connectivity index (χ2v) is 4.86. The first-order valence-electron chi connectivity index (χ1n) is 6.24. The van der Waals surface area contributed by atoms with E-state index in [1.165, 1.54) is 0 Å². The van der Waals surface area contributed by atoms with Gasteiger partial charge in [-0.2, -0.15) is 0 Å². The lowest BCUT2D eigenvalue weighted by atomic mass is 10.0. The van der Waals surface area contributed by atoms with Crippen LogP contribution in [0.25, 0.3) is 0 Å². The Morgan fingerprint density at radius 3 is 2.61 bits per heavy atom. The van der Waals surface area contributed by atoms with Gasteiger partial charge < -0.3 is 10.4 Å². The molecule has 0 aromatic heterocycles. The summed E-state index contributed by atoms with van der Waals surface area (Å²) in [5, 5.41) is 11.4. The maximum Gasteiger partial charge on any atom is 0.308 e. The van der Waals surface area contributed by atoms with Gasteiger partial charge in [-0.05, 0) is 12.8 Å². The number of carboxylic acid groups (broad SMARTS) is 1. The molecule has 0 aromatic rings. The molecule has 0 radical (unpaired) electrons. The van der Waals surface area contributed by atoms with Crippen molar-refractivity contribution in [2.45, 2.75) is 45.0 Å². The standard InChI is InChI=1S/C12H19F2NO3/c1-2-3-9(11(17)18)7-15-10(16)8-4-5-12(13,14)6-8/h8-9H,2-7H2,1H3,(H,15,16)(H,17,18). The predicted molar refractivity (Wildman–Crippen MR) is 61.3 cm³/mol. The summed E-state index contributed by atoms with van der Waals surface area (Å²) in [5.74, 6) is -5.49. The molecule has 1 aliphatic rings. The number of halogens is 2. The predicted octanol–water partition coefficient (Wildman–Crippen LogP) is 2.04. The molecule has 1 fully saturated rings. The lowest BCUT2D eigenvalue weighted by Crippen LogP contribution is -2.36. The highest BCUT2D eigenvalue weighted by Gasteiger charge is 2.42. The molecule has 0 bridgehead atoms. The zero-order valence-electron chi connectivity index (χ0n) is 10.4. The topological polar surface area (TPSA) is 66.4 Å². The molecule has 0 aliphatic heterocycles. The fraction of sp³-hybridized carbons (Fsp3) is 0.833. The molecule has 1 saturated carbocycles. The van der Waals surface area contributed by atoms with Crippen LogP contribution in [0.4, 0.5) is 8.78 Å². The Hall–Kier alpha value is -1.20. The van der Waals surface area contributed by atoms with Crippen LogP contribution in [0.2, 0.25) is 0 Å². The van der Waals surface area contributed by atoms with Crippen molar-refractivity contribution < 1.29 is 23.5 Å². The number of rotatable bonds is 6. The maximum atomic E-state index is 12.9. The number of hydrogen-bond donors (Lipinski definition) is 2. The molecule has 0 aromatic carbocycles. The molecule has 1 rings (SSSR count). The van der Waals surface area contributed by atoms with Gasteiger partial charge in [-0.3, -0.25) is 9.59 Å². The van der Waals surface area contributed by atoms with Crippen LogP contribution in [0.5, 0.6) is 0 Å². The van der Waals surface area contributed by atoms with Crippen molar-refractivity contribution >= 4 is 11.9 Å². The molecular formula is C12H19F2NO3. The van der Waals surface area contributed by atoms with Gasteiger partial charge in [0.25, 0.3) is 0 Å². The van der Waals surface area contributed by atoms with Crippen molar-refractivity contribution in [2.24, 2.45) is 11.8 Å². The molecule has 0 spiro atoms. The molecule has 104 valence electrons. The summed E-state index contributed by atoms with van der Waals surface area (Å²) in [6.45, 7) is 1.87. The van der Waals surface area contributed by atoms with E-state index in [0.29, 0.717) is 12.8 Å². The fourth-order valence-corrected chi connectivity index (χ4v) is 2.20. The summed E-state index contributed by atoms with van der Waals surface area (Å²) in [4.78, 5) is 22.5. The van der Waals surface area contributed by atoms with Crippen molar-refractivity contribution in [1.82, 2.24) is 5.32 Å². The van der Waals surface area contributed by atoms with Gasteiger partial charge in [0.1, 0.15) is 0 Å². The molecule has 6 heteroatoms. The van der Waals surface area contributed by atoms with Crippen molar-refractivity contribution in [3.8, 4) is 0 Å². The third kappa shape index (κ3) is 4.23. The van der Waals surface area contributed by atoms with Crippen molar-refractivity contribution in [3.63, 3.8) is 0 Å². The second kappa shape index (κ2) is 6.11. The van der Waals surface area contributed by atoms with Crippen LogP contribution in [0, 0.1) is 11.8 Å².